The summed E-state index contributed by atoms with van der Waals surface area (Å²) in [6.07, 6.45) is 2.49. The molecule has 1 aliphatic heterocycles. The first-order valence-electron chi connectivity index (χ1n) is 6.93. The summed E-state index contributed by atoms with van der Waals surface area (Å²) in [5.74, 6) is 0.935. The molecule has 2 aromatic carbocycles. The van der Waals surface area contributed by atoms with E-state index in [1.54, 1.807) is 0 Å². The molecule has 0 amide bonds. The summed E-state index contributed by atoms with van der Waals surface area (Å²) in [4.78, 5) is 0. The molecule has 98 valence electrons. The Hall–Kier alpha value is -1.80. The van der Waals surface area contributed by atoms with Gasteiger partial charge in [-0.1, -0.05) is 48.5 Å². The fourth-order valence-corrected chi connectivity index (χ4v) is 2.64. The maximum Gasteiger partial charge on any atom is 0.139 e. The number of ether oxygens (including phenoxy) is 1. The van der Waals surface area contributed by atoms with Crippen LogP contribution in [0.15, 0.2) is 60.7 Å². The minimum absolute atomic E-state index is 0.0890. The smallest absolute Gasteiger partial charge is 0.139 e. The van der Waals surface area contributed by atoms with Gasteiger partial charge in [0.05, 0.1) is 0 Å². The Kier molecular flexibility index (Phi) is 3.80. The normalized spacial score (nSPS) is 20.1. The minimum atomic E-state index is 0.0890. The Morgan fingerprint density at radius 3 is 2.26 bits per heavy atom. The molecule has 1 unspecified atom stereocenters. The van der Waals surface area contributed by atoms with Crippen LogP contribution in [-0.4, -0.2) is 12.6 Å². The molecule has 19 heavy (non-hydrogen) atoms. The highest BCUT2D eigenvalue weighted by molar-refractivity contribution is 5.25. The highest BCUT2D eigenvalue weighted by atomic mass is 16.5. The van der Waals surface area contributed by atoms with Crippen molar-refractivity contribution in [3.05, 3.63) is 66.2 Å². The molecule has 2 atom stereocenters. The standard InChI is InChI=1S/C17H19NO/c1-3-8-14(9-4-1)17(16-12-7-13-18-16)19-15-10-5-2-6-11-15/h1-6,8-11,16-18H,7,12-13H2/t16?,17-/m0/s1. The molecule has 0 bridgehead atoms. The van der Waals surface area contributed by atoms with Crippen molar-refractivity contribution in [3.63, 3.8) is 0 Å². The number of nitrogens with one attached hydrogen (secondary N) is 1. The van der Waals surface area contributed by atoms with Crippen LogP contribution in [0.5, 0.6) is 5.75 Å². The lowest BCUT2D eigenvalue weighted by atomic mass is 10.0. The topological polar surface area (TPSA) is 21.3 Å². The zero-order valence-corrected chi connectivity index (χ0v) is 11.0. The fourth-order valence-electron chi connectivity index (χ4n) is 2.64. The van der Waals surface area contributed by atoms with Crippen molar-refractivity contribution in [2.24, 2.45) is 0 Å². The molecule has 1 fully saturated rings. The lowest BCUT2D eigenvalue weighted by Crippen LogP contribution is -2.32. The fraction of sp³-hybridized carbons (Fsp3) is 0.294. The second kappa shape index (κ2) is 5.89. The molecule has 1 saturated heterocycles. The first kappa shape index (κ1) is 12.2. The van der Waals surface area contributed by atoms with Gasteiger partial charge in [0, 0.05) is 6.04 Å². The largest absolute Gasteiger partial charge is 0.484 e. The Balaban J connectivity index is 1.84. The van der Waals surface area contributed by atoms with Crippen molar-refractivity contribution in [1.82, 2.24) is 5.32 Å². The quantitative estimate of drug-likeness (QED) is 0.899. The highest BCUT2D eigenvalue weighted by Crippen LogP contribution is 2.28. The molecule has 1 heterocycles. The van der Waals surface area contributed by atoms with Crippen molar-refractivity contribution < 1.29 is 4.74 Å². The van der Waals surface area contributed by atoms with Gasteiger partial charge in [-0.15, -0.1) is 0 Å². The SMILES string of the molecule is c1ccc(O[C@@H](c2ccccc2)C2CCCN2)cc1. The zero-order valence-electron chi connectivity index (χ0n) is 11.0. The summed E-state index contributed by atoms with van der Waals surface area (Å²) in [5.41, 5.74) is 1.24. The van der Waals surface area contributed by atoms with E-state index in [2.05, 4.69) is 29.6 Å². The van der Waals surface area contributed by atoms with E-state index in [0.29, 0.717) is 6.04 Å². The molecule has 0 radical (unpaired) electrons. The third kappa shape index (κ3) is 2.96. The van der Waals surface area contributed by atoms with Gasteiger partial charge >= 0.3 is 0 Å². The third-order valence-electron chi connectivity index (χ3n) is 3.60. The van der Waals surface area contributed by atoms with Gasteiger partial charge in [0.15, 0.2) is 0 Å². The monoisotopic (exact) mass is 253 g/mol. The Morgan fingerprint density at radius 1 is 0.947 bits per heavy atom. The van der Waals surface area contributed by atoms with Crippen LogP contribution in [0.1, 0.15) is 24.5 Å². The minimum Gasteiger partial charge on any atom is -0.484 e. The van der Waals surface area contributed by atoms with Crippen molar-refractivity contribution in [1.29, 1.82) is 0 Å². The summed E-state index contributed by atoms with van der Waals surface area (Å²) in [7, 11) is 0. The molecular formula is C17H19NO. The second-order valence-electron chi connectivity index (χ2n) is 4.97. The van der Waals surface area contributed by atoms with Crippen molar-refractivity contribution in [3.8, 4) is 5.75 Å². The van der Waals surface area contributed by atoms with E-state index in [4.69, 9.17) is 4.74 Å². The van der Waals surface area contributed by atoms with Crippen molar-refractivity contribution >= 4 is 0 Å². The van der Waals surface area contributed by atoms with Gasteiger partial charge in [0.1, 0.15) is 11.9 Å². The predicted molar refractivity (Wildman–Crippen MR) is 77.3 cm³/mol. The van der Waals surface area contributed by atoms with Gasteiger partial charge in [-0.05, 0) is 37.1 Å². The van der Waals surface area contributed by atoms with Crippen LogP contribution >= 0.6 is 0 Å². The number of hydrogen-bond donors (Lipinski definition) is 1. The highest BCUT2D eigenvalue weighted by Gasteiger charge is 2.27. The van der Waals surface area contributed by atoms with Crippen LogP contribution in [0, 0.1) is 0 Å². The van der Waals surface area contributed by atoms with E-state index < -0.39 is 0 Å². The van der Waals surface area contributed by atoms with Gasteiger partial charge < -0.3 is 10.1 Å². The molecule has 0 saturated carbocycles. The summed E-state index contributed by atoms with van der Waals surface area (Å²) >= 11 is 0. The summed E-state index contributed by atoms with van der Waals surface area (Å²) in [6, 6.07) is 21.0. The van der Waals surface area contributed by atoms with Gasteiger partial charge in [0.25, 0.3) is 0 Å². The molecule has 3 rings (SSSR count). The van der Waals surface area contributed by atoms with Crippen molar-refractivity contribution in [2.45, 2.75) is 25.0 Å². The Bertz CT molecular complexity index is 491. The lowest BCUT2D eigenvalue weighted by molar-refractivity contribution is 0.164. The molecule has 1 N–H and O–H groups in total. The Labute approximate surface area is 114 Å². The molecule has 2 heteroatoms. The van der Waals surface area contributed by atoms with E-state index in [-0.39, 0.29) is 6.10 Å². The number of para-hydroxylation sites is 1. The van der Waals surface area contributed by atoms with E-state index in [1.165, 1.54) is 18.4 Å². The van der Waals surface area contributed by atoms with Gasteiger partial charge in [-0.3, -0.25) is 0 Å². The first-order valence-corrected chi connectivity index (χ1v) is 6.93. The Morgan fingerprint density at radius 2 is 1.63 bits per heavy atom. The molecule has 0 aliphatic carbocycles. The molecular weight excluding hydrogens is 234 g/mol. The molecule has 1 aliphatic rings. The molecule has 2 aromatic rings. The maximum absolute atomic E-state index is 6.22. The third-order valence-corrected chi connectivity index (χ3v) is 3.60. The predicted octanol–water partition coefficient (Wildman–Crippen LogP) is 3.56. The van der Waals surface area contributed by atoms with E-state index in [9.17, 15) is 0 Å². The lowest BCUT2D eigenvalue weighted by Gasteiger charge is -2.25. The summed E-state index contributed by atoms with van der Waals surface area (Å²) < 4.78 is 6.22. The average Bonchev–Trinajstić information content (AvgIpc) is 3.01. The van der Waals surface area contributed by atoms with Crippen LogP contribution < -0.4 is 10.1 Å². The van der Waals surface area contributed by atoms with E-state index in [1.807, 2.05) is 36.4 Å². The number of hydrogen-bond acceptors (Lipinski definition) is 2. The molecule has 0 spiro atoms. The summed E-state index contributed by atoms with van der Waals surface area (Å²) in [5, 5.41) is 3.55. The van der Waals surface area contributed by atoms with E-state index in [0.717, 1.165) is 12.3 Å². The average molecular weight is 253 g/mol. The number of rotatable bonds is 4. The summed E-state index contributed by atoms with van der Waals surface area (Å²) in [6.45, 7) is 1.09. The van der Waals surface area contributed by atoms with Crippen LogP contribution in [0.25, 0.3) is 0 Å². The van der Waals surface area contributed by atoms with Crippen LogP contribution in [0.2, 0.25) is 0 Å². The van der Waals surface area contributed by atoms with Gasteiger partial charge in [-0.25, -0.2) is 0 Å². The van der Waals surface area contributed by atoms with Crippen LogP contribution in [-0.2, 0) is 0 Å². The molecule has 2 nitrogen and oxygen atoms in total. The zero-order chi connectivity index (χ0) is 12.9. The molecule has 0 aromatic heterocycles. The van der Waals surface area contributed by atoms with Crippen LogP contribution in [0.4, 0.5) is 0 Å². The van der Waals surface area contributed by atoms with Gasteiger partial charge in [0.2, 0.25) is 0 Å². The second-order valence-corrected chi connectivity index (χ2v) is 4.97. The number of benzene rings is 2. The van der Waals surface area contributed by atoms with Crippen molar-refractivity contribution in [2.75, 3.05) is 6.54 Å². The maximum atomic E-state index is 6.22. The van der Waals surface area contributed by atoms with Gasteiger partial charge in [-0.2, -0.15) is 0 Å². The first-order chi connectivity index (χ1) is 9.43. The van der Waals surface area contributed by atoms with E-state index >= 15 is 0 Å². The van der Waals surface area contributed by atoms with Crippen LogP contribution in [0.3, 0.4) is 0 Å².